The summed E-state index contributed by atoms with van der Waals surface area (Å²) in [5, 5.41) is 17.0. The van der Waals surface area contributed by atoms with Crippen LogP contribution in [0.1, 0.15) is 122 Å². The minimum Gasteiger partial charge on any atom is -0.596 e. The van der Waals surface area contributed by atoms with E-state index in [2.05, 4.69) is 15.8 Å². The second-order valence-corrected chi connectivity index (χ2v) is 10.3. The molecule has 2 N–H and O–H groups in total. The molecule has 0 bridgehead atoms. The van der Waals surface area contributed by atoms with E-state index in [-0.39, 0.29) is 0 Å². The largest absolute Gasteiger partial charge is 0.596 e. The molecule has 0 aliphatic heterocycles. The average Bonchev–Trinajstić information content (AvgIpc) is 2.76. The Morgan fingerprint density at radius 1 is 0.667 bits per heavy atom. The molecule has 6 nitrogen and oxygen atoms in total. The molecule has 8 heteroatoms. The van der Waals surface area contributed by atoms with Crippen LogP contribution in [-0.2, 0) is 14.2 Å². The molecule has 0 fully saturated rings. The Kier molecular flexibility index (Phi) is 28.5. The third kappa shape index (κ3) is 33.4. The van der Waals surface area contributed by atoms with Crippen molar-refractivity contribution >= 4 is 29.2 Å². The molecule has 0 saturated heterocycles. The Balaban J connectivity index is 0. The predicted molar refractivity (Wildman–Crippen MR) is 139 cm³/mol. The fourth-order valence-corrected chi connectivity index (χ4v) is 4.18. The minimum atomic E-state index is -2.19. The van der Waals surface area contributed by atoms with Crippen molar-refractivity contribution in [2.45, 2.75) is 122 Å². The van der Waals surface area contributed by atoms with Gasteiger partial charge in [-0.3, -0.25) is 4.79 Å². The summed E-state index contributed by atoms with van der Waals surface area (Å²) in [6, 6.07) is 0. The maximum atomic E-state index is 10.5. The van der Waals surface area contributed by atoms with Crippen LogP contribution in [-0.4, -0.2) is 34.5 Å². The molecule has 0 radical (unpaired) electrons. The first-order valence-electron chi connectivity index (χ1n) is 12.8. The lowest BCUT2D eigenvalue weighted by Crippen LogP contribution is -1.98. The average molecular weight is 507 g/mol. The number of hydrogen-bond acceptors (Lipinski definition) is 4. The molecule has 0 aliphatic rings. The van der Waals surface area contributed by atoms with Crippen LogP contribution in [0, 0.1) is 0 Å². The van der Waals surface area contributed by atoms with Gasteiger partial charge in [-0.2, -0.15) is 0 Å². The molecule has 33 heavy (non-hydrogen) atoms. The van der Waals surface area contributed by atoms with E-state index in [4.69, 9.17) is 10.2 Å². The number of rotatable bonds is 23. The van der Waals surface area contributed by atoms with E-state index < -0.39 is 20.0 Å². The first-order chi connectivity index (χ1) is 15.8. The molecular weight excluding hydrogens is 458 g/mol. The van der Waals surface area contributed by atoms with Crippen LogP contribution >= 0.6 is 17.3 Å². The molecule has 0 saturated carbocycles. The lowest BCUT2D eigenvalue weighted by Gasteiger charge is -2.02. The van der Waals surface area contributed by atoms with Crippen molar-refractivity contribution in [2.75, 3.05) is 12.3 Å². The molecule has 0 aromatic heterocycles. The van der Waals surface area contributed by atoms with Crippen LogP contribution in [0.25, 0.3) is 0 Å². The zero-order chi connectivity index (χ0) is 25.2. The zero-order valence-corrected chi connectivity index (χ0v) is 22.7. The highest BCUT2D eigenvalue weighted by atomic mass is 31.1. The van der Waals surface area contributed by atoms with Crippen molar-refractivity contribution in [2.24, 2.45) is 0 Å². The van der Waals surface area contributed by atoms with Crippen LogP contribution in [0.3, 0.4) is 0 Å². The fourth-order valence-electron chi connectivity index (χ4n) is 3.40. The monoisotopic (exact) mass is 506 g/mol. The number of carboxylic acid groups (broad SMARTS) is 2. The van der Waals surface area contributed by atoms with Crippen molar-refractivity contribution in [3.05, 3.63) is 12.2 Å². The van der Waals surface area contributed by atoms with E-state index in [1.807, 2.05) is 0 Å². The second-order valence-electron chi connectivity index (χ2n) is 8.66. The van der Waals surface area contributed by atoms with Crippen LogP contribution in [0.2, 0.25) is 0 Å². The van der Waals surface area contributed by atoms with Crippen LogP contribution in [0.5, 0.6) is 0 Å². The molecule has 0 heterocycles. The van der Waals surface area contributed by atoms with E-state index in [9.17, 15) is 19.0 Å². The normalized spacial score (nSPS) is 10.9. The highest BCUT2D eigenvalue weighted by Crippen LogP contribution is 2.15. The molecule has 2 atom stereocenters. The summed E-state index contributed by atoms with van der Waals surface area (Å²) in [5.74, 6) is -1.55. The third-order valence-electron chi connectivity index (χ3n) is 5.47. The first kappa shape index (κ1) is 34.3. The highest BCUT2D eigenvalue weighted by Gasteiger charge is 2.03. The van der Waals surface area contributed by atoms with E-state index in [0.717, 1.165) is 57.8 Å². The maximum Gasteiger partial charge on any atom is 0.330 e. The zero-order valence-electron chi connectivity index (χ0n) is 20.6. The summed E-state index contributed by atoms with van der Waals surface area (Å²) < 4.78 is 10.3. The SMILES string of the molecule is C=C(CCCCCCCCCCC[P+](=O)[O-])C(=O)O.O=C(O)CCCCCCCCCCP. The Morgan fingerprint density at radius 3 is 1.39 bits per heavy atom. The number of aliphatic carboxylic acids is 2. The summed E-state index contributed by atoms with van der Waals surface area (Å²) in [7, 11) is 0.560. The van der Waals surface area contributed by atoms with Gasteiger partial charge in [-0.15, -0.1) is 9.24 Å². The van der Waals surface area contributed by atoms with Gasteiger partial charge in [0.1, 0.15) is 6.16 Å². The molecule has 194 valence electrons. The summed E-state index contributed by atoms with van der Waals surface area (Å²) in [4.78, 5) is 31.0. The molecule has 0 spiro atoms. The highest BCUT2D eigenvalue weighted by molar-refractivity contribution is 7.36. The summed E-state index contributed by atoms with van der Waals surface area (Å²) in [5.41, 5.74) is 0.303. The predicted octanol–water partition coefficient (Wildman–Crippen LogP) is 7.09. The smallest absolute Gasteiger partial charge is 0.330 e. The molecule has 0 amide bonds. The van der Waals surface area contributed by atoms with E-state index in [1.54, 1.807) is 0 Å². The number of unbranched alkanes of at least 4 members (excludes halogenated alkanes) is 15. The Morgan fingerprint density at radius 2 is 1.03 bits per heavy atom. The van der Waals surface area contributed by atoms with E-state index >= 15 is 0 Å². The van der Waals surface area contributed by atoms with Gasteiger partial charge in [-0.25, -0.2) is 4.79 Å². The van der Waals surface area contributed by atoms with Crippen molar-refractivity contribution in [3.63, 3.8) is 0 Å². The van der Waals surface area contributed by atoms with Gasteiger partial charge in [-0.05, 0) is 44.7 Å². The first-order valence-corrected chi connectivity index (χ1v) is 14.9. The summed E-state index contributed by atoms with van der Waals surface area (Å²) >= 11 is 0. The molecule has 0 aliphatic carbocycles. The molecule has 0 rings (SSSR count). The Hall–Kier alpha value is -0.830. The fraction of sp³-hybridized carbons (Fsp3) is 0.840. The van der Waals surface area contributed by atoms with Gasteiger partial charge in [0.15, 0.2) is 0 Å². The Bertz CT molecular complexity index is 511. The van der Waals surface area contributed by atoms with Crippen molar-refractivity contribution < 1.29 is 29.3 Å². The quantitative estimate of drug-likeness (QED) is 0.0868. The lowest BCUT2D eigenvalue weighted by atomic mass is 10.0. The van der Waals surface area contributed by atoms with Crippen molar-refractivity contribution in [3.8, 4) is 0 Å². The van der Waals surface area contributed by atoms with Gasteiger partial charge in [0, 0.05) is 12.0 Å². The molecule has 2 unspecified atom stereocenters. The maximum absolute atomic E-state index is 10.5. The summed E-state index contributed by atoms with van der Waals surface area (Å²) in [6.07, 6.45) is 21.7. The van der Waals surface area contributed by atoms with Crippen LogP contribution < -0.4 is 4.89 Å². The van der Waals surface area contributed by atoms with Crippen molar-refractivity contribution in [1.82, 2.24) is 0 Å². The van der Waals surface area contributed by atoms with Gasteiger partial charge >= 0.3 is 20.0 Å². The summed E-state index contributed by atoms with van der Waals surface area (Å²) in [6.45, 7) is 3.50. The molecule has 0 aromatic rings. The Labute approximate surface area is 205 Å². The van der Waals surface area contributed by atoms with Gasteiger partial charge < -0.3 is 15.1 Å². The minimum absolute atomic E-state index is 0.303. The second kappa shape index (κ2) is 27.4. The number of hydrogen-bond donors (Lipinski definition) is 2. The van der Waals surface area contributed by atoms with Gasteiger partial charge in [-0.1, -0.05) is 88.2 Å². The van der Waals surface area contributed by atoms with Crippen LogP contribution in [0.4, 0.5) is 0 Å². The van der Waals surface area contributed by atoms with Crippen molar-refractivity contribution in [1.29, 1.82) is 0 Å². The van der Waals surface area contributed by atoms with Gasteiger partial charge in [0.25, 0.3) is 0 Å². The lowest BCUT2D eigenvalue weighted by molar-refractivity contribution is -0.164. The van der Waals surface area contributed by atoms with E-state index in [0.29, 0.717) is 24.6 Å². The van der Waals surface area contributed by atoms with Crippen LogP contribution in [0.15, 0.2) is 12.2 Å². The molecule has 0 aromatic carbocycles. The van der Waals surface area contributed by atoms with Gasteiger partial charge in [0.05, 0.1) is 0 Å². The third-order valence-corrected chi connectivity index (χ3v) is 6.56. The number of carboxylic acids is 2. The standard InChI is InChI=1S/C14H25O4P.C11H23O2P/c1-13(14(15)16)11-9-7-5-3-2-4-6-8-10-12-19(17)18;12-11(13)9-7-5-3-1-2-4-6-8-10-14/h1-12H2,(H,15,16);1-10,14H2,(H,12,13). The number of carbonyl (C=O) groups is 2. The topological polar surface area (TPSA) is 115 Å². The van der Waals surface area contributed by atoms with E-state index in [1.165, 1.54) is 57.5 Å². The van der Waals surface area contributed by atoms with Gasteiger partial charge in [0.2, 0.25) is 0 Å². The molecular formula is C25H48O6P2.